The van der Waals surface area contributed by atoms with Crippen molar-refractivity contribution in [2.45, 2.75) is 32.4 Å². The lowest BCUT2D eigenvalue weighted by molar-refractivity contribution is 0.575. The monoisotopic (exact) mass is 336 g/mol. The molecule has 1 aromatic heterocycles. The Morgan fingerprint density at radius 3 is 2.72 bits per heavy atom. The zero-order valence-electron chi connectivity index (χ0n) is 14.5. The zero-order valence-corrected chi connectivity index (χ0v) is 14.5. The Morgan fingerprint density at radius 2 is 1.88 bits per heavy atom. The average molecular weight is 336 g/mol. The molecule has 0 saturated carbocycles. The van der Waals surface area contributed by atoms with Gasteiger partial charge in [0, 0.05) is 31.4 Å². The van der Waals surface area contributed by atoms with Gasteiger partial charge in [-0.05, 0) is 55.2 Å². The van der Waals surface area contributed by atoms with Crippen molar-refractivity contribution in [3.63, 3.8) is 0 Å². The average Bonchev–Trinajstić information content (AvgIpc) is 3.28. The minimum absolute atomic E-state index is 0.160. The topological polar surface area (TPSA) is 63.9 Å². The molecule has 2 heterocycles. The van der Waals surface area contributed by atoms with Crippen molar-refractivity contribution >= 4 is 16.7 Å². The van der Waals surface area contributed by atoms with Gasteiger partial charge < -0.3 is 20.2 Å². The summed E-state index contributed by atoms with van der Waals surface area (Å²) in [6.07, 6.45) is 2.59. The number of H-pyrrole nitrogens is 2. The summed E-state index contributed by atoms with van der Waals surface area (Å²) < 4.78 is 0. The van der Waals surface area contributed by atoms with E-state index in [-0.39, 0.29) is 11.7 Å². The number of aromatic nitrogens is 2. The first kappa shape index (κ1) is 16.0. The van der Waals surface area contributed by atoms with Crippen LogP contribution in [0, 0.1) is 0 Å². The number of hydrogen-bond donors (Lipinski definition) is 3. The van der Waals surface area contributed by atoms with Crippen LogP contribution in [0.3, 0.4) is 0 Å². The summed E-state index contributed by atoms with van der Waals surface area (Å²) in [6, 6.07) is 15.1. The molecule has 0 spiro atoms. The van der Waals surface area contributed by atoms with Gasteiger partial charge in [-0.1, -0.05) is 18.2 Å². The molecule has 130 valence electrons. The minimum atomic E-state index is -0.160. The highest BCUT2D eigenvalue weighted by atomic mass is 16.1. The lowest BCUT2D eigenvalue weighted by Gasteiger charge is -2.21. The lowest BCUT2D eigenvalue weighted by Crippen LogP contribution is -2.20. The van der Waals surface area contributed by atoms with Gasteiger partial charge in [0.2, 0.25) is 0 Å². The molecule has 0 bridgehead atoms. The highest BCUT2D eigenvalue weighted by Gasteiger charge is 2.14. The van der Waals surface area contributed by atoms with E-state index in [2.05, 4.69) is 51.4 Å². The highest BCUT2D eigenvalue weighted by Crippen LogP contribution is 2.24. The summed E-state index contributed by atoms with van der Waals surface area (Å²) in [4.78, 5) is 19.4. The maximum Gasteiger partial charge on any atom is 0.323 e. The second kappa shape index (κ2) is 6.76. The molecule has 1 aliphatic rings. The normalized spacial score (nSPS) is 15.8. The SMILES string of the molecule is CC(NCc1ccc2[nH]c(=O)[nH]c2c1)c1cccc(N2CCCC2)c1. The number of aromatic amines is 2. The van der Waals surface area contributed by atoms with Crippen LogP contribution in [-0.2, 0) is 6.54 Å². The third-order valence-corrected chi connectivity index (χ3v) is 5.03. The van der Waals surface area contributed by atoms with E-state index in [1.165, 1.54) is 37.2 Å². The maximum absolute atomic E-state index is 11.4. The minimum Gasteiger partial charge on any atom is -0.372 e. The van der Waals surface area contributed by atoms with Crippen LogP contribution in [0.1, 0.15) is 36.9 Å². The predicted molar refractivity (Wildman–Crippen MR) is 102 cm³/mol. The van der Waals surface area contributed by atoms with Gasteiger partial charge >= 0.3 is 5.69 Å². The van der Waals surface area contributed by atoms with Gasteiger partial charge in [0.05, 0.1) is 11.0 Å². The first-order valence-corrected chi connectivity index (χ1v) is 8.98. The first-order chi connectivity index (χ1) is 12.2. The van der Waals surface area contributed by atoms with Crippen molar-refractivity contribution in [1.29, 1.82) is 0 Å². The summed E-state index contributed by atoms with van der Waals surface area (Å²) in [5.74, 6) is 0. The molecular formula is C20H24N4O. The van der Waals surface area contributed by atoms with Crippen molar-refractivity contribution in [3.05, 3.63) is 64.1 Å². The second-order valence-corrected chi connectivity index (χ2v) is 6.85. The summed E-state index contributed by atoms with van der Waals surface area (Å²) in [6.45, 7) is 5.29. The second-order valence-electron chi connectivity index (χ2n) is 6.85. The molecule has 0 aliphatic carbocycles. The smallest absolute Gasteiger partial charge is 0.323 e. The fourth-order valence-electron chi connectivity index (χ4n) is 3.54. The molecule has 1 atom stereocenters. The first-order valence-electron chi connectivity index (χ1n) is 8.98. The van der Waals surface area contributed by atoms with Crippen molar-refractivity contribution in [1.82, 2.24) is 15.3 Å². The van der Waals surface area contributed by atoms with Gasteiger partial charge in [-0.15, -0.1) is 0 Å². The molecule has 1 aliphatic heterocycles. The number of rotatable bonds is 5. The van der Waals surface area contributed by atoms with Gasteiger partial charge in [0.1, 0.15) is 0 Å². The van der Waals surface area contributed by atoms with E-state index < -0.39 is 0 Å². The molecule has 25 heavy (non-hydrogen) atoms. The Kier molecular flexibility index (Phi) is 4.32. The molecular weight excluding hydrogens is 312 g/mol. The fraction of sp³-hybridized carbons (Fsp3) is 0.350. The third-order valence-electron chi connectivity index (χ3n) is 5.03. The van der Waals surface area contributed by atoms with Gasteiger partial charge in [-0.2, -0.15) is 0 Å². The zero-order chi connectivity index (χ0) is 17.2. The van der Waals surface area contributed by atoms with E-state index in [9.17, 15) is 4.79 Å². The van der Waals surface area contributed by atoms with Crippen LogP contribution in [0.25, 0.3) is 11.0 Å². The van der Waals surface area contributed by atoms with Crippen LogP contribution in [0.4, 0.5) is 5.69 Å². The van der Waals surface area contributed by atoms with E-state index >= 15 is 0 Å². The van der Waals surface area contributed by atoms with Crippen LogP contribution in [0.2, 0.25) is 0 Å². The van der Waals surface area contributed by atoms with E-state index in [0.717, 1.165) is 23.1 Å². The van der Waals surface area contributed by atoms with Crippen LogP contribution < -0.4 is 15.9 Å². The van der Waals surface area contributed by atoms with Crippen LogP contribution in [-0.4, -0.2) is 23.1 Å². The molecule has 5 heteroatoms. The molecule has 4 rings (SSSR count). The van der Waals surface area contributed by atoms with E-state index in [1.54, 1.807) is 0 Å². The summed E-state index contributed by atoms with van der Waals surface area (Å²) in [5.41, 5.74) is 5.33. The maximum atomic E-state index is 11.4. The number of nitrogens with zero attached hydrogens (tertiary/aromatic N) is 1. The van der Waals surface area contributed by atoms with Crippen molar-refractivity contribution in [2.24, 2.45) is 0 Å². The molecule has 2 aromatic carbocycles. The molecule has 1 fully saturated rings. The van der Waals surface area contributed by atoms with Gasteiger partial charge in [0.25, 0.3) is 0 Å². The number of fused-ring (bicyclic) bond motifs is 1. The van der Waals surface area contributed by atoms with Gasteiger partial charge in [0.15, 0.2) is 0 Å². The Hall–Kier alpha value is -2.53. The number of imidazole rings is 1. The Labute approximate surface area is 147 Å². The molecule has 3 N–H and O–H groups in total. The lowest BCUT2D eigenvalue weighted by atomic mass is 10.1. The summed E-state index contributed by atoms with van der Waals surface area (Å²) in [7, 11) is 0. The van der Waals surface area contributed by atoms with E-state index in [1.807, 2.05) is 18.2 Å². The fourth-order valence-corrected chi connectivity index (χ4v) is 3.54. The number of hydrogen-bond acceptors (Lipinski definition) is 3. The molecule has 3 aromatic rings. The summed E-state index contributed by atoms with van der Waals surface area (Å²) >= 11 is 0. The van der Waals surface area contributed by atoms with Crippen LogP contribution >= 0.6 is 0 Å². The quantitative estimate of drug-likeness (QED) is 0.670. The van der Waals surface area contributed by atoms with Crippen LogP contribution in [0.15, 0.2) is 47.3 Å². The molecule has 5 nitrogen and oxygen atoms in total. The number of nitrogens with one attached hydrogen (secondary N) is 3. The van der Waals surface area contributed by atoms with Gasteiger partial charge in [-0.25, -0.2) is 4.79 Å². The summed E-state index contributed by atoms with van der Waals surface area (Å²) in [5, 5.41) is 3.58. The largest absolute Gasteiger partial charge is 0.372 e. The van der Waals surface area contributed by atoms with E-state index in [4.69, 9.17) is 0 Å². The van der Waals surface area contributed by atoms with Crippen LogP contribution in [0.5, 0.6) is 0 Å². The highest BCUT2D eigenvalue weighted by molar-refractivity contribution is 5.74. The molecule has 1 saturated heterocycles. The van der Waals surface area contributed by atoms with Crippen molar-refractivity contribution < 1.29 is 0 Å². The Bertz CT molecular complexity index is 921. The van der Waals surface area contributed by atoms with Gasteiger partial charge in [-0.3, -0.25) is 0 Å². The number of anilines is 1. The Morgan fingerprint density at radius 1 is 1.08 bits per heavy atom. The molecule has 1 unspecified atom stereocenters. The third kappa shape index (κ3) is 3.46. The predicted octanol–water partition coefficient (Wildman–Crippen LogP) is 3.31. The molecule has 0 radical (unpaired) electrons. The Balaban J connectivity index is 1.44. The molecule has 0 amide bonds. The standard InChI is InChI=1S/C20H24N4O/c1-14(16-5-4-6-17(12-16)24-9-2-3-10-24)21-13-15-7-8-18-19(11-15)23-20(25)22-18/h4-8,11-12,14,21H,2-3,9-10,13H2,1H3,(H2,22,23,25). The van der Waals surface area contributed by atoms with Crippen molar-refractivity contribution in [2.75, 3.05) is 18.0 Å². The van der Waals surface area contributed by atoms with Crippen molar-refractivity contribution in [3.8, 4) is 0 Å². The van der Waals surface area contributed by atoms with E-state index in [0.29, 0.717) is 0 Å². The number of benzene rings is 2.